The Morgan fingerprint density at radius 2 is 1.87 bits per heavy atom. The topological polar surface area (TPSA) is 161 Å². The van der Waals surface area contributed by atoms with Crippen LogP contribution in [0.25, 0.3) is 0 Å². The molecule has 2 saturated heterocycles. The van der Waals surface area contributed by atoms with E-state index in [1.165, 1.54) is 12.3 Å². The van der Waals surface area contributed by atoms with Gasteiger partial charge in [0.05, 0.1) is 5.92 Å². The van der Waals surface area contributed by atoms with Crippen LogP contribution in [0.2, 0.25) is 0 Å². The molecule has 1 aromatic heterocycles. The summed E-state index contributed by atoms with van der Waals surface area (Å²) in [7, 11) is 0. The Bertz CT molecular complexity index is 927. The van der Waals surface area contributed by atoms with Gasteiger partial charge in [-0.05, 0) is 0 Å². The second kappa shape index (κ2) is 8.49. The molecule has 0 aliphatic carbocycles. The number of nitrogens with one attached hydrogen (secondary N) is 1. The van der Waals surface area contributed by atoms with Crippen molar-refractivity contribution in [1.29, 1.82) is 0 Å². The number of ether oxygens (including phenoxy) is 4. The van der Waals surface area contributed by atoms with Gasteiger partial charge < -0.3 is 23.8 Å². The Morgan fingerprint density at radius 1 is 1.20 bits per heavy atom. The number of carbonyl (C=O) groups is 4. The van der Waals surface area contributed by atoms with Gasteiger partial charge in [-0.1, -0.05) is 13.8 Å². The first kappa shape index (κ1) is 21.2. The highest BCUT2D eigenvalue weighted by atomic mass is 16.7. The van der Waals surface area contributed by atoms with E-state index in [-0.39, 0.29) is 12.4 Å². The molecule has 1 N–H and O–H groups in total. The standard InChI is InChI=1S/C17H19N3O10/c1-7(2)14(22)26-6-9-11-12(29-16(24)15(23)28-11)13(27-9)20-5-4-10(18-17(20)25)19-30-8(3)21/h4-5,7,9,11-13H,6H2,1-3H3,(H,18,19,25)/t9?,11-,12-,13-/m1/s1. The lowest BCUT2D eigenvalue weighted by atomic mass is 10.1. The molecular weight excluding hydrogens is 406 g/mol. The summed E-state index contributed by atoms with van der Waals surface area (Å²) < 4.78 is 22.0. The van der Waals surface area contributed by atoms with E-state index >= 15 is 0 Å². The molecular formula is C17H19N3O10. The van der Waals surface area contributed by atoms with Crippen molar-refractivity contribution in [2.75, 3.05) is 12.1 Å². The van der Waals surface area contributed by atoms with E-state index in [9.17, 15) is 24.0 Å². The average Bonchev–Trinajstić information content (AvgIpc) is 3.02. The molecule has 0 amide bonds. The van der Waals surface area contributed by atoms with Crippen LogP contribution >= 0.6 is 0 Å². The van der Waals surface area contributed by atoms with E-state index < -0.39 is 60.0 Å². The van der Waals surface area contributed by atoms with Crippen molar-refractivity contribution < 1.29 is 43.0 Å². The molecule has 13 heteroatoms. The highest BCUT2D eigenvalue weighted by molar-refractivity contribution is 6.30. The number of fused-ring (bicyclic) bond motifs is 1. The van der Waals surface area contributed by atoms with Crippen LogP contribution in [-0.2, 0) is 43.0 Å². The van der Waals surface area contributed by atoms with Crippen molar-refractivity contribution in [3.05, 3.63) is 22.7 Å². The zero-order valence-electron chi connectivity index (χ0n) is 16.2. The number of esters is 3. The summed E-state index contributed by atoms with van der Waals surface area (Å²) in [6.07, 6.45) is -3.17. The zero-order chi connectivity index (χ0) is 22.0. The molecule has 0 aromatic carbocycles. The summed E-state index contributed by atoms with van der Waals surface area (Å²) in [6, 6.07) is 1.31. The molecule has 2 aliphatic rings. The van der Waals surface area contributed by atoms with Gasteiger partial charge in [0.2, 0.25) is 0 Å². The van der Waals surface area contributed by atoms with E-state index in [2.05, 4.69) is 15.3 Å². The van der Waals surface area contributed by atoms with Crippen molar-refractivity contribution in [2.24, 2.45) is 5.92 Å². The molecule has 162 valence electrons. The maximum absolute atomic E-state index is 12.4. The number of nitrogens with zero attached hydrogens (tertiary/aromatic N) is 2. The molecule has 13 nitrogen and oxygen atoms in total. The molecule has 3 heterocycles. The lowest BCUT2D eigenvalue weighted by Crippen LogP contribution is -2.49. The smallest absolute Gasteiger partial charge is 0.418 e. The van der Waals surface area contributed by atoms with Gasteiger partial charge in [-0.2, -0.15) is 4.98 Å². The Balaban J connectivity index is 1.82. The van der Waals surface area contributed by atoms with Gasteiger partial charge in [-0.3, -0.25) is 14.2 Å². The SMILES string of the molecule is CC(=O)ONc1ccn([C@@H]2OC(COC(=O)C(C)C)[C@H]3OC(=O)C(=O)O[C@H]32)c(=O)n1. The Hall–Kier alpha value is -3.48. The molecule has 2 aliphatic heterocycles. The van der Waals surface area contributed by atoms with Gasteiger partial charge in [-0.15, -0.1) is 0 Å². The number of aromatic nitrogens is 2. The summed E-state index contributed by atoms with van der Waals surface area (Å²) in [6.45, 7) is 4.16. The highest BCUT2D eigenvalue weighted by Gasteiger charge is 2.55. The first-order valence-electron chi connectivity index (χ1n) is 8.93. The van der Waals surface area contributed by atoms with Crippen LogP contribution in [0.15, 0.2) is 17.1 Å². The quantitative estimate of drug-likeness (QED) is 0.258. The van der Waals surface area contributed by atoms with Gasteiger partial charge >= 0.3 is 29.6 Å². The number of hydrogen-bond donors (Lipinski definition) is 1. The molecule has 1 aromatic rings. The number of anilines is 1. The normalized spacial score (nSPS) is 25.2. The molecule has 0 radical (unpaired) electrons. The molecule has 0 spiro atoms. The second-order valence-electron chi connectivity index (χ2n) is 6.79. The second-order valence-corrected chi connectivity index (χ2v) is 6.79. The predicted molar refractivity (Wildman–Crippen MR) is 93.4 cm³/mol. The lowest BCUT2D eigenvalue weighted by molar-refractivity contribution is -0.195. The fraction of sp³-hybridized carbons (Fsp3) is 0.529. The summed E-state index contributed by atoms with van der Waals surface area (Å²) >= 11 is 0. The van der Waals surface area contributed by atoms with Gasteiger partial charge in [0.15, 0.2) is 24.3 Å². The van der Waals surface area contributed by atoms with Crippen LogP contribution in [0.5, 0.6) is 0 Å². The maximum Gasteiger partial charge on any atom is 0.418 e. The highest BCUT2D eigenvalue weighted by Crippen LogP contribution is 2.35. The van der Waals surface area contributed by atoms with Gasteiger partial charge in [0.25, 0.3) is 0 Å². The van der Waals surface area contributed by atoms with Crippen LogP contribution in [0, 0.1) is 5.92 Å². The molecule has 1 unspecified atom stereocenters. The molecule has 0 bridgehead atoms. The van der Waals surface area contributed by atoms with Gasteiger partial charge in [0, 0.05) is 19.2 Å². The predicted octanol–water partition coefficient (Wildman–Crippen LogP) is -0.933. The number of carbonyl (C=O) groups excluding carboxylic acids is 4. The van der Waals surface area contributed by atoms with E-state index in [1.807, 2.05) is 0 Å². The Labute approximate surface area is 169 Å². The minimum Gasteiger partial charge on any atom is -0.463 e. The summed E-state index contributed by atoms with van der Waals surface area (Å²) in [5.74, 6) is -4.04. The zero-order valence-corrected chi connectivity index (χ0v) is 16.2. The average molecular weight is 425 g/mol. The summed E-state index contributed by atoms with van der Waals surface area (Å²) in [5.41, 5.74) is 1.37. The van der Waals surface area contributed by atoms with Crippen molar-refractivity contribution in [1.82, 2.24) is 9.55 Å². The molecule has 4 atom stereocenters. The fourth-order valence-corrected chi connectivity index (χ4v) is 2.80. The van der Waals surface area contributed by atoms with Crippen LogP contribution in [0.1, 0.15) is 27.0 Å². The third-order valence-corrected chi connectivity index (χ3v) is 4.20. The van der Waals surface area contributed by atoms with Crippen molar-refractivity contribution in [2.45, 2.75) is 45.3 Å². The molecule has 0 saturated carbocycles. The minimum atomic E-state index is -1.24. The first-order chi connectivity index (χ1) is 14.2. The largest absolute Gasteiger partial charge is 0.463 e. The first-order valence-corrected chi connectivity index (χ1v) is 8.93. The lowest BCUT2D eigenvalue weighted by Gasteiger charge is -2.28. The minimum absolute atomic E-state index is 0.0459. The summed E-state index contributed by atoms with van der Waals surface area (Å²) in [5, 5.41) is 0. The molecule has 30 heavy (non-hydrogen) atoms. The monoisotopic (exact) mass is 425 g/mol. The van der Waals surface area contributed by atoms with E-state index in [0.29, 0.717) is 0 Å². The Morgan fingerprint density at radius 3 is 2.47 bits per heavy atom. The molecule has 2 fully saturated rings. The van der Waals surface area contributed by atoms with Crippen molar-refractivity contribution >= 4 is 29.7 Å². The van der Waals surface area contributed by atoms with E-state index in [0.717, 1.165) is 11.5 Å². The van der Waals surface area contributed by atoms with Crippen LogP contribution in [-0.4, -0.2) is 58.3 Å². The summed E-state index contributed by atoms with van der Waals surface area (Å²) in [4.78, 5) is 66.5. The van der Waals surface area contributed by atoms with Crippen LogP contribution in [0.3, 0.4) is 0 Å². The molecule has 3 rings (SSSR count). The Kier molecular flexibility index (Phi) is 6.01. The van der Waals surface area contributed by atoms with E-state index in [1.54, 1.807) is 13.8 Å². The fourth-order valence-electron chi connectivity index (χ4n) is 2.80. The van der Waals surface area contributed by atoms with Crippen LogP contribution in [0.4, 0.5) is 5.82 Å². The number of hydrogen-bond acceptors (Lipinski definition) is 12. The van der Waals surface area contributed by atoms with Crippen molar-refractivity contribution in [3.63, 3.8) is 0 Å². The number of rotatable bonds is 6. The van der Waals surface area contributed by atoms with Gasteiger partial charge in [0.1, 0.15) is 12.7 Å². The van der Waals surface area contributed by atoms with Crippen LogP contribution < -0.4 is 11.2 Å². The third kappa shape index (κ3) is 4.40. The third-order valence-electron chi connectivity index (χ3n) is 4.20. The van der Waals surface area contributed by atoms with Gasteiger partial charge in [-0.25, -0.2) is 19.9 Å². The maximum atomic E-state index is 12.4. The van der Waals surface area contributed by atoms with E-state index in [4.69, 9.17) is 18.9 Å². The van der Waals surface area contributed by atoms with Crippen molar-refractivity contribution in [3.8, 4) is 0 Å².